The fourth-order valence-electron chi connectivity index (χ4n) is 0. The minimum Gasteiger partial charge on any atom is -0.480 e. The van der Waals surface area contributed by atoms with Crippen molar-refractivity contribution in [1.82, 2.24) is 0 Å². The lowest BCUT2D eigenvalue weighted by atomic mass is 10.4. The first-order valence-electron chi connectivity index (χ1n) is 5.20. The molecule has 0 saturated carbocycles. The normalized spacial score (nSPS) is 9.19. The van der Waals surface area contributed by atoms with E-state index in [-0.39, 0.29) is 19.6 Å². The van der Waals surface area contributed by atoms with Crippen LogP contribution in [0.15, 0.2) is 0 Å². The number of rotatable bonds is 4. The van der Waals surface area contributed by atoms with Crippen molar-refractivity contribution >= 4 is 23.9 Å². The maximum absolute atomic E-state index is 9.57. The first-order chi connectivity index (χ1) is 9.45. The average Bonchev–Trinajstić information content (AvgIpc) is 2.40. The van der Waals surface area contributed by atoms with Crippen LogP contribution in [0.2, 0.25) is 0 Å². The van der Waals surface area contributed by atoms with Crippen LogP contribution in [0, 0.1) is 0 Å². The van der Waals surface area contributed by atoms with Gasteiger partial charge in [-0.25, -0.2) is 0 Å². The van der Waals surface area contributed by atoms with Gasteiger partial charge in [-0.15, -0.1) is 0 Å². The molecule has 0 rings (SSSR count). The molecule has 12 heteroatoms. The number of hydrogen-bond donors (Lipinski definition) is 8. The standard InChI is InChI=1S/C3H7NO2.3C2H5NO2/c1-2(4)3(5)6;3*3-1-2(4)5/h2H,4H2,1H3,(H,5,6);3*1,3H2,(H,4,5)/t2-;;;/m0.../s1. The van der Waals surface area contributed by atoms with Crippen molar-refractivity contribution in [2.75, 3.05) is 19.6 Å². The van der Waals surface area contributed by atoms with E-state index in [1.807, 2.05) is 0 Å². The summed E-state index contributed by atoms with van der Waals surface area (Å²) in [6, 6.07) is -0.731. The van der Waals surface area contributed by atoms with Crippen LogP contribution < -0.4 is 22.9 Å². The Hall–Kier alpha value is -2.28. The summed E-state index contributed by atoms with van der Waals surface area (Å²) in [5.41, 5.74) is 18.6. The van der Waals surface area contributed by atoms with Crippen LogP contribution in [-0.4, -0.2) is 70.0 Å². The van der Waals surface area contributed by atoms with Gasteiger partial charge < -0.3 is 43.4 Å². The lowest BCUT2D eigenvalue weighted by molar-refractivity contribution is -0.138. The quantitative estimate of drug-likeness (QED) is 0.251. The second-order valence-electron chi connectivity index (χ2n) is 2.92. The fourth-order valence-corrected chi connectivity index (χ4v) is 0. The summed E-state index contributed by atoms with van der Waals surface area (Å²) >= 11 is 0. The zero-order valence-corrected chi connectivity index (χ0v) is 11.4. The molecule has 0 heterocycles. The van der Waals surface area contributed by atoms with Gasteiger partial charge in [-0.3, -0.25) is 19.2 Å². The highest BCUT2D eigenvalue weighted by Gasteiger charge is 1.99. The van der Waals surface area contributed by atoms with E-state index in [4.69, 9.17) is 26.2 Å². The Morgan fingerprint density at radius 3 is 0.857 bits per heavy atom. The van der Waals surface area contributed by atoms with Gasteiger partial charge in [-0.05, 0) is 6.92 Å². The summed E-state index contributed by atoms with van der Waals surface area (Å²) in [4.78, 5) is 37.3. The molecule has 0 aliphatic heterocycles. The third kappa shape index (κ3) is 73.5. The molecule has 0 aromatic carbocycles. The third-order valence-corrected chi connectivity index (χ3v) is 0.913. The van der Waals surface area contributed by atoms with Gasteiger partial charge in [0.15, 0.2) is 0 Å². The van der Waals surface area contributed by atoms with Crippen molar-refractivity contribution in [3.05, 3.63) is 0 Å². The van der Waals surface area contributed by atoms with Crippen molar-refractivity contribution in [3.63, 3.8) is 0 Å². The lowest BCUT2D eigenvalue weighted by Gasteiger charge is -1.90. The first kappa shape index (κ1) is 27.1. The van der Waals surface area contributed by atoms with Crippen LogP contribution in [0.3, 0.4) is 0 Å². The van der Waals surface area contributed by atoms with Crippen molar-refractivity contribution in [3.8, 4) is 0 Å². The maximum atomic E-state index is 9.57. The molecule has 0 spiro atoms. The first-order valence-corrected chi connectivity index (χ1v) is 5.20. The molecule has 21 heavy (non-hydrogen) atoms. The molecule has 1 atom stereocenters. The highest BCUT2D eigenvalue weighted by molar-refractivity contribution is 5.72. The van der Waals surface area contributed by atoms with Crippen LogP contribution in [0.5, 0.6) is 0 Å². The summed E-state index contributed by atoms with van der Waals surface area (Å²) in [6.07, 6.45) is 0. The van der Waals surface area contributed by atoms with Gasteiger partial charge in [0.25, 0.3) is 0 Å². The van der Waals surface area contributed by atoms with Crippen molar-refractivity contribution in [1.29, 1.82) is 0 Å². The van der Waals surface area contributed by atoms with E-state index in [1.54, 1.807) is 0 Å². The van der Waals surface area contributed by atoms with E-state index in [2.05, 4.69) is 17.2 Å². The van der Waals surface area contributed by atoms with Gasteiger partial charge >= 0.3 is 23.9 Å². The van der Waals surface area contributed by atoms with Crippen LogP contribution in [0.25, 0.3) is 0 Å². The Bertz CT molecular complexity index is 275. The molecule has 0 aromatic heterocycles. The second-order valence-corrected chi connectivity index (χ2v) is 2.92. The molecular formula is C9H22N4O8. The van der Waals surface area contributed by atoms with E-state index in [0.29, 0.717) is 0 Å². The SMILES string of the molecule is C[C@H](N)C(=O)O.NCC(=O)O.NCC(=O)O.NCC(=O)O. The zero-order valence-electron chi connectivity index (χ0n) is 11.4. The molecule has 12 N–H and O–H groups in total. The highest BCUT2D eigenvalue weighted by atomic mass is 16.4. The Kier molecular flexibility index (Phi) is 25.9. The number of nitrogens with two attached hydrogens (primary N) is 4. The maximum Gasteiger partial charge on any atom is 0.320 e. The number of hydrogen-bond acceptors (Lipinski definition) is 8. The van der Waals surface area contributed by atoms with E-state index in [1.165, 1.54) is 6.92 Å². The highest BCUT2D eigenvalue weighted by Crippen LogP contribution is 1.68. The number of carboxylic acids is 4. The predicted molar refractivity (Wildman–Crippen MR) is 71.4 cm³/mol. The molecule has 0 bridgehead atoms. The molecule has 0 radical (unpaired) electrons. The van der Waals surface area contributed by atoms with E-state index >= 15 is 0 Å². The number of carbonyl (C=O) groups is 4. The molecule has 0 aliphatic carbocycles. The van der Waals surface area contributed by atoms with Crippen molar-refractivity contribution in [2.24, 2.45) is 22.9 Å². The molecule has 0 aliphatic rings. The summed E-state index contributed by atoms with van der Waals surface area (Å²) in [6.45, 7) is 0.586. The van der Waals surface area contributed by atoms with Crippen LogP contribution in [-0.2, 0) is 19.2 Å². The topological polar surface area (TPSA) is 253 Å². The summed E-state index contributed by atoms with van der Waals surface area (Å²) in [5, 5.41) is 30.7. The Morgan fingerprint density at radius 1 is 0.762 bits per heavy atom. The Morgan fingerprint density at radius 2 is 0.857 bits per heavy atom. The minimum atomic E-state index is -0.968. The molecule has 0 unspecified atom stereocenters. The average molecular weight is 314 g/mol. The van der Waals surface area contributed by atoms with Gasteiger partial charge in [0.05, 0.1) is 19.6 Å². The van der Waals surface area contributed by atoms with Gasteiger partial charge in [0.2, 0.25) is 0 Å². The van der Waals surface area contributed by atoms with Gasteiger partial charge in [0.1, 0.15) is 6.04 Å². The Labute approximate surface area is 120 Å². The largest absolute Gasteiger partial charge is 0.480 e. The molecule has 0 fully saturated rings. The lowest BCUT2D eigenvalue weighted by Crippen LogP contribution is -2.25. The summed E-state index contributed by atoms with van der Waals surface area (Å²) < 4.78 is 0. The number of aliphatic carboxylic acids is 4. The van der Waals surface area contributed by atoms with Crippen molar-refractivity contribution in [2.45, 2.75) is 13.0 Å². The van der Waals surface area contributed by atoms with E-state index in [9.17, 15) is 19.2 Å². The fraction of sp³-hybridized carbons (Fsp3) is 0.556. The molecule has 0 saturated heterocycles. The Balaban J connectivity index is -0.0000000921. The van der Waals surface area contributed by atoms with Gasteiger partial charge in [-0.1, -0.05) is 0 Å². The third-order valence-electron chi connectivity index (χ3n) is 0.913. The molecule has 126 valence electrons. The summed E-state index contributed by atoms with van der Waals surface area (Å²) in [7, 11) is 0. The van der Waals surface area contributed by atoms with Gasteiger partial charge in [-0.2, -0.15) is 0 Å². The zero-order chi connectivity index (χ0) is 18.0. The number of carboxylic acid groups (broad SMARTS) is 4. The van der Waals surface area contributed by atoms with Gasteiger partial charge in [0, 0.05) is 0 Å². The predicted octanol–water partition coefficient (Wildman–Crippen LogP) is -3.49. The molecular weight excluding hydrogens is 292 g/mol. The second kappa shape index (κ2) is 20.0. The van der Waals surface area contributed by atoms with Crippen molar-refractivity contribution < 1.29 is 39.6 Å². The monoisotopic (exact) mass is 314 g/mol. The minimum absolute atomic E-state index is 0.278. The molecule has 0 amide bonds. The molecule has 0 aromatic rings. The van der Waals surface area contributed by atoms with Crippen LogP contribution >= 0.6 is 0 Å². The van der Waals surface area contributed by atoms with Crippen LogP contribution in [0.4, 0.5) is 0 Å². The summed E-state index contributed by atoms with van der Waals surface area (Å²) in [5.74, 6) is -3.87. The van der Waals surface area contributed by atoms with E-state index in [0.717, 1.165) is 0 Å². The van der Waals surface area contributed by atoms with Crippen LogP contribution in [0.1, 0.15) is 6.92 Å². The smallest absolute Gasteiger partial charge is 0.320 e. The molecule has 12 nitrogen and oxygen atoms in total. The van der Waals surface area contributed by atoms with E-state index < -0.39 is 29.9 Å².